The largest absolute Gasteiger partial charge is 0.471 e. The summed E-state index contributed by atoms with van der Waals surface area (Å²) in [5.74, 6) is -2.20. The Balaban J connectivity index is 1.59. The second-order valence-electron chi connectivity index (χ2n) is 6.40. The summed E-state index contributed by atoms with van der Waals surface area (Å²) in [7, 11) is 0. The average molecular weight is 446 g/mol. The van der Waals surface area contributed by atoms with Gasteiger partial charge >= 0.3 is 12.1 Å². The van der Waals surface area contributed by atoms with E-state index in [1.807, 2.05) is 4.90 Å². The zero-order valence-corrected chi connectivity index (χ0v) is 16.5. The number of hydrogen-bond donors (Lipinski definition) is 1. The van der Waals surface area contributed by atoms with Gasteiger partial charge in [-0.05, 0) is 42.5 Å². The summed E-state index contributed by atoms with van der Waals surface area (Å²) in [4.78, 5) is 26.3. The minimum atomic E-state index is -4.85. The molecule has 2 aromatic carbocycles. The Morgan fingerprint density at radius 2 is 1.55 bits per heavy atom. The van der Waals surface area contributed by atoms with E-state index in [-0.39, 0.29) is 36.8 Å². The lowest BCUT2D eigenvalue weighted by molar-refractivity contribution is -0.185. The topological polar surface area (TPSA) is 52.7 Å². The van der Waals surface area contributed by atoms with Crippen molar-refractivity contribution in [3.05, 3.63) is 58.1 Å². The molecule has 1 aliphatic rings. The Bertz CT molecular complexity index is 912. The van der Waals surface area contributed by atoms with Gasteiger partial charge in [0.25, 0.3) is 5.91 Å². The first kappa shape index (κ1) is 21.3. The summed E-state index contributed by atoms with van der Waals surface area (Å²) in [6.07, 6.45) is -4.85. The second-order valence-corrected chi connectivity index (χ2v) is 7.25. The highest BCUT2D eigenvalue weighted by atomic mass is 35.5. The van der Waals surface area contributed by atoms with Gasteiger partial charge in [0.15, 0.2) is 0 Å². The van der Waals surface area contributed by atoms with Crippen LogP contribution in [0.4, 0.5) is 24.5 Å². The fraction of sp³-hybridized carbons (Fsp3) is 0.263. The minimum absolute atomic E-state index is 0.00804. The van der Waals surface area contributed by atoms with E-state index in [2.05, 4.69) is 5.32 Å². The van der Waals surface area contributed by atoms with Gasteiger partial charge in [-0.25, -0.2) is 0 Å². The van der Waals surface area contributed by atoms with Crippen molar-refractivity contribution in [2.24, 2.45) is 0 Å². The highest BCUT2D eigenvalue weighted by Crippen LogP contribution is 2.25. The van der Waals surface area contributed by atoms with E-state index < -0.39 is 18.0 Å². The Hall–Kier alpha value is -2.45. The van der Waals surface area contributed by atoms with Crippen LogP contribution in [0.2, 0.25) is 10.0 Å². The fourth-order valence-corrected chi connectivity index (χ4v) is 3.47. The molecule has 154 valence electrons. The first-order valence-electron chi connectivity index (χ1n) is 8.62. The number of nitrogens with one attached hydrogen (secondary N) is 1. The van der Waals surface area contributed by atoms with Gasteiger partial charge < -0.3 is 15.1 Å². The summed E-state index contributed by atoms with van der Waals surface area (Å²) >= 11 is 11.9. The molecule has 0 spiro atoms. The molecule has 1 saturated heterocycles. The van der Waals surface area contributed by atoms with Crippen molar-refractivity contribution in [2.45, 2.75) is 6.18 Å². The van der Waals surface area contributed by atoms with Crippen molar-refractivity contribution in [3.8, 4) is 0 Å². The molecule has 0 aliphatic carbocycles. The molecule has 0 aromatic heterocycles. The summed E-state index contributed by atoms with van der Waals surface area (Å²) in [6.45, 7) is 0.555. The lowest BCUT2D eigenvalue weighted by Gasteiger charge is -2.36. The van der Waals surface area contributed by atoms with Gasteiger partial charge in [-0.1, -0.05) is 23.2 Å². The van der Waals surface area contributed by atoms with Gasteiger partial charge in [0.1, 0.15) is 0 Å². The zero-order valence-electron chi connectivity index (χ0n) is 15.0. The third kappa shape index (κ3) is 5.13. The van der Waals surface area contributed by atoms with E-state index in [4.69, 9.17) is 23.2 Å². The third-order valence-electron chi connectivity index (χ3n) is 4.48. The van der Waals surface area contributed by atoms with Crippen LogP contribution >= 0.6 is 23.2 Å². The molecule has 5 nitrogen and oxygen atoms in total. The predicted octanol–water partition coefficient (Wildman–Crippen LogP) is 4.46. The predicted molar refractivity (Wildman–Crippen MR) is 106 cm³/mol. The molecule has 2 amide bonds. The number of carbonyl (C=O) groups is 2. The number of halogens is 5. The molecule has 0 atom stereocenters. The van der Waals surface area contributed by atoms with E-state index in [9.17, 15) is 22.8 Å². The molecule has 2 aromatic rings. The molecule has 1 heterocycles. The number of hydrogen-bond acceptors (Lipinski definition) is 3. The van der Waals surface area contributed by atoms with Gasteiger partial charge in [-0.3, -0.25) is 9.59 Å². The monoisotopic (exact) mass is 445 g/mol. The lowest BCUT2D eigenvalue weighted by Crippen LogP contribution is -2.52. The van der Waals surface area contributed by atoms with E-state index in [1.54, 1.807) is 30.3 Å². The first-order chi connectivity index (χ1) is 13.6. The van der Waals surface area contributed by atoms with Crippen molar-refractivity contribution in [1.29, 1.82) is 0 Å². The Morgan fingerprint density at radius 1 is 0.931 bits per heavy atom. The molecule has 1 fully saturated rings. The van der Waals surface area contributed by atoms with Gasteiger partial charge in [-0.15, -0.1) is 0 Å². The Kier molecular flexibility index (Phi) is 6.24. The molecule has 1 N–H and O–H groups in total. The number of carbonyl (C=O) groups excluding carboxylic acids is 2. The molecule has 0 radical (unpaired) electrons. The van der Waals surface area contributed by atoms with Crippen molar-refractivity contribution in [2.75, 3.05) is 36.4 Å². The van der Waals surface area contributed by atoms with E-state index in [0.717, 1.165) is 10.6 Å². The number of piperazine rings is 1. The van der Waals surface area contributed by atoms with Crippen molar-refractivity contribution in [3.63, 3.8) is 0 Å². The molecule has 0 saturated carbocycles. The summed E-state index contributed by atoms with van der Waals surface area (Å²) in [5, 5.41) is 3.38. The highest BCUT2D eigenvalue weighted by molar-refractivity contribution is 6.37. The van der Waals surface area contributed by atoms with Gasteiger partial charge in [0, 0.05) is 42.6 Å². The van der Waals surface area contributed by atoms with Crippen LogP contribution in [0.3, 0.4) is 0 Å². The Labute approximate surface area is 175 Å². The SMILES string of the molecule is O=C(Nc1ccc(N2CCN(C(=O)C(F)(F)F)CC2)cc1)c1ccc(Cl)cc1Cl. The molecule has 1 aliphatic heterocycles. The van der Waals surface area contributed by atoms with Crippen LogP contribution in [0.25, 0.3) is 0 Å². The molecular weight excluding hydrogens is 430 g/mol. The lowest BCUT2D eigenvalue weighted by atomic mass is 10.2. The average Bonchev–Trinajstić information content (AvgIpc) is 2.67. The summed E-state index contributed by atoms with van der Waals surface area (Å²) in [6, 6.07) is 11.4. The molecule has 29 heavy (non-hydrogen) atoms. The van der Waals surface area contributed by atoms with E-state index in [1.165, 1.54) is 12.1 Å². The maximum Gasteiger partial charge on any atom is 0.471 e. The number of rotatable bonds is 3. The van der Waals surface area contributed by atoms with Crippen molar-refractivity contribution < 1.29 is 22.8 Å². The Morgan fingerprint density at radius 3 is 2.10 bits per heavy atom. The third-order valence-corrected chi connectivity index (χ3v) is 5.02. The van der Waals surface area contributed by atoms with Crippen LogP contribution in [-0.4, -0.2) is 49.1 Å². The molecule has 0 bridgehead atoms. The van der Waals surface area contributed by atoms with Crippen LogP contribution < -0.4 is 10.2 Å². The smallest absolute Gasteiger partial charge is 0.368 e. The molecular formula is C19H16Cl2F3N3O2. The number of amides is 2. The summed E-state index contributed by atoms with van der Waals surface area (Å²) < 4.78 is 37.5. The quantitative estimate of drug-likeness (QED) is 0.758. The molecule has 3 rings (SSSR count). The molecule has 0 unspecified atom stereocenters. The number of nitrogens with zero attached hydrogens (tertiary/aromatic N) is 2. The van der Waals surface area contributed by atoms with Gasteiger partial charge in [-0.2, -0.15) is 13.2 Å². The van der Waals surface area contributed by atoms with E-state index >= 15 is 0 Å². The standard InChI is InChI=1S/C19H16Cl2F3N3O2/c20-12-1-6-15(16(21)11-12)17(28)25-13-2-4-14(5-3-13)26-7-9-27(10-8-26)18(29)19(22,23)24/h1-6,11H,7-10H2,(H,25,28). The van der Waals surface area contributed by atoms with Crippen LogP contribution in [0.5, 0.6) is 0 Å². The number of alkyl halides is 3. The molecule has 10 heteroatoms. The normalized spacial score (nSPS) is 14.7. The van der Waals surface area contributed by atoms with Gasteiger partial charge in [0.05, 0.1) is 10.6 Å². The first-order valence-corrected chi connectivity index (χ1v) is 9.38. The highest BCUT2D eigenvalue weighted by Gasteiger charge is 2.43. The zero-order chi connectivity index (χ0) is 21.2. The van der Waals surface area contributed by atoms with Crippen molar-refractivity contribution >= 4 is 46.4 Å². The number of benzene rings is 2. The maximum absolute atomic E-state index is 12.5. The van der Waals surface area contributed by atoms with Crippen LogP contribution in [0.1, 0.15) is 10.4 Å². The van der Waals surface area contributed by atoms with Crippen LogP contribution in [0.15, 0.2) is 42.5 Å². The fourth-order valence-electron chi connectivity index (χ4n) is 2.97. The number of anilines is 2. The minimum Gasteiger partial charge on any atom is -0.368 e. The summed E-state index contributed by atoms with van der Waals surface area (Å²) in [5.41, 5.74) is 1.60. The van der Waals surface area contributed by atoms with Crippen molar-refractivity contribution in [1.82, 2.24) is 4.90 Å². The van der Waals surface area contributed by atoms with Crippen LogP contribution in [-0.2, 0) is 4.79 Å². The van der Waals surface area contributed by atoms with Gasteiger partial charge in [0.2, 0.25) is 0 Å². The van der Waals surface area contributed by atoms with Crippen LogP contribution in [0, 0.1) is 0 Å². The maximum atomic E-state index is 12.5. The second kappa shape index (κ2) is 8.51. The van der Waals surface area contributed by atoms with E-state index in [0.29, 0.717) is 10.7 Å².